The average Bonchev–Trinajstić information content (AvgIpc) is 2.86. The van der Waals surface area contributed by atoms with Gasteiger partial charge in [-0.1, -0.05) is 54.6 Å². The minimum absolute atomic E-state index is 0.0427. The Bertz CT molecular complexity index is 825. The second kappa shape index (κ2) is 6.05. The highest BCUT2D eigenvalue weighted by molar-refractivity contribution is 5.80. The summed E-state index contributed by atoms with van der Waals surface area (Å²) in [6.07, 6.45) is 11.3. The molecule has 23 heavy (non-hydrogen) atoms. The Morgan fingerprint density at radius 1 is 0.870 bits per heavy atom. The molecule has 2 aromatic carbocycles. The van der Waals surface area contributed by atoms with Crippen LogP contribution in [0.2, 0.25) is 0 Å². The molecule has 116 valence electrons. The fourth-order valence-electron chi connectivity index (χ4n) is 2.57. The maximum Gasteiger partial charge on any atom is 0.165 e. The highest BCUT2D eigenvalue weighted by atomic mass is 16.3. The van der Waals surface area contributed by atoms with E-state index in [0.717, 1.165) is 23.1 Å². The molecule has 0 heterocycles. The van der Waals surface area contributed by atoms with Crippen molar-refractivity contribution in [1.82, 2.24) is 0 Å². The summed E-state index contributed by atoms with van der Waals surface area (Å²) in [4.78, 5) is 0. The number of allylic oxidation sites excluding steroid dienone is 6. The zero-order chi connectivity index (χ0) is 16.4. The highest BCUT2D eigenvalue weighted by Crippen LogP contribution is 2.43. The molecule has 0 saturated heterocycles. The molecule has 2 aromatic rings. The van der Waals surface area contributed by atoms with Crippen molar-refractivity contribution >= 4 is 5.57 Å². The average molecular weight is 306 g/mol. The van der Waals surface area contributed by atoms with Crippen molar-refractivity contribution in [2.75, 3.05) is 0 Å². The van der Waals surface area contributed by atoms with E-state index in [1.165, 1.54) is 6.07 Å². The third kappa shape index (κ3) is 2.86. The molecule has 0 fully saturated rings. The molecule has 1 aliphatic rings. The molecule has 0 radical (unpaired) electrons. The summed E-state index contributed by atoms with van der Waals surface area (Å²) in [6.45, 7) is 1.55. The normalized spacial score (nSPS) is 13.7. The van der Waals surface area contributed by atoms with E-state index in [4.69, 9.17) is 0 Å². The molecule has 0 saturated carbocycles. The zero-order valence-electron chi connectivity index (χ0n) is 12.8. The number of hydrogen-bond donors (Lipinski definition) is 3. The Labute approximate surface area is 135 Å². The van der Waals surface area contributed by atoms with Gasteiger partial charge in [-0.2, -0.15) is 0 Å². The first-order chi connectivity index (χ1) is 11.1. The molecule has 0 spiro atoms. The fourth-order valence-corrected chi connectivity index (χ4v) is 2.57. The van der Waals surface area contributed by atoms with Crippen molar-refractivity contribution in [3.8, 4) is 28.4 Å². The molecule has 0 amide bonds. The molecule has 1 aliphatic carbocycles. The molecule has 0 aliphatic heterocycles. The van der Waals surface area contributed by atoms with Crippen LogP contribution in [0.4, 0.5) is 0 Å². The van der Waals surface area contributed by atoms with Crippen molar-refractivity contribution in [2.24, 2.45) is 0 Å². The number of rotatable bonds is 2. The van der Waals surface area contributed by atoms with Gasteiger partial charge in [-0.25, -0.2) is 0 Å². The van der Waals surface area contributed by atoms with Gasteiger partial charge in [0.25, 0.3) is 0 Å². The van der Waals surface area contributed by atoms with Crippen molar-refractivity contribution in [1.29, 1.82) is 0 Å². The zero-order valence-corrected chi connectivity index (χ0v) is 12.8. The van der Waals surface area contributed by atoms with Gasteiger partial charge in [-0.05, 0) is 36.1 Å². The quantitative estimate of drug-likeness (QED) is 0.558. The summed E-state index contributed by atoms with van der Waals surface area (Å²) >= 11 is 0. The first-order valence-corrected chi connectivity index (χ1v) is 7.46. The second-order valence-corrected chi connectivity index (χ2v) is 5.53. The summed E-state index contributed by atoms with van der Waals surface area (Å²) in [5, 5.41) is 29.9. The molecular formula is C20H18O3. The predicted molar refractivity (Wildman–Crippen MR) is 92.5 cm³/mol. The third-order valence-corrected chi connectivity index (χ3v) is 4.01. The van der Waals surface area contributed by atoms with Crippen LogP contribution in [0.1, 0.15) is 17.5 Å². The van der Waals surface area contributed by atoms with Gasteiger partial charge in [0.1, 0.15) is 5.75 Å². The fraction of sp³-hybridized carbons (Fsp3) is 0.100. The summed E-state index contributed by atoms with van der Waals surface area (Å²) < 4.78 is 0. The van der Waals surface area contributed by atoms with E-state index in [1.807, 2.05) is 30.3 Å². The molecule has 3 nitrogen and oxygen atoms in total. The lowest BCUT2D eigenvalue weighted by Crippen LogP contribution is -1.86. The number of benzene rings is 2. The Hall–Kier alpha value is -2.94. The van der Waals surface area contributed by atoms with E-state index < -0.39 is 0 Å². The van der Waals surface area contributed by atoms with Crippen LogP contribution in [-0.2, 0) is 0 Å². The Morgan fingerprint density at radius 2 is 1.57 bits per heavy atom. The summed E-state index contributed by atoms with van der Waals surface area (Å²) in [5.74, 6) is -0.549. The Morgan fingerprint density at radius 3 is 2.30 bits per heavy atom. The topological polar surface area (TPSA) is 60.7 Å². The van der Waals surface area contributed by atoms with Gasteiger partial charge in [0, 0.05) is 11.1 Å². The Balaban J connectivity index is 2.00. The first kappa shape index (κ1) is 15.0. The lowest BCUT2D eigenvalue weighted by Gasteiger charge is -2.11. The minimum Gasteiger partial charge on any atom is -0.508 e. The maximum atomic E-state index is 10.1. The van der Waals surface area contributed by atoms with Crippen LogP contribution in [0.25, 0.3) is 16.7 Å². The van der Waals surface area contributed by atoms with E-state index in [-0.39, 0.29) is 22.8 Å². The summed E-state index contributed by atoms with van der Waals surface area (Å²) in [5.41, 5.74) is 3.58. The van der Waals surface area contributed by atoms with Crippen molar-refractivity contribution in [3.63, 3.8) is 0 Å². The molecule has 3 rings (SSSR count). The van der Waals surface area contributed by atoms with Gasteiger partial charge in [-0.15, -0.1) is 0 Å². The third-order valence-electron chi connectivity index (χ3n) is 4.01. The van der Waals surface area contributed by atoms with E-state index in [9.17, 15) is 15.3 Å². The van der Waals surface area contributed by atoms with E-state index in [2.05, 4.69) is 24.3 Å². The van der Waals surface area contributed by atoms with Crippen LogP contribution in [0.3, 0.4) is 0 Å². The lowest BCUT2D eigenvalue weighted by atomic mass is 9.97. The lowest BCUT2D eigenvalue weighted by molar-refractivity contribution is 0.394. The summed E-state index contributed by atoms with van der Waals surface area (Å²) in [6, 6.07) is 9.10. The smallest absolute Gasteiger partial charge is 0.165 e. The van der Waals surface area contributed by atoms with Gasteiger partial charge in [0.05, 0.1) is 0 Å². The largest absolute Gasteiger partial charge is 0.508 e. The van der Waals surface area contributed by atoms with Crippen molar-refractivity contribution in [3.05, 3.63) is 71.8 Å². The van der Waals surface area contributed by atoms with Gasteiger partial charge in [-0.3, -0.25) is 0 Å². The van der Waals surface area contributed by atoms with Crippen LogP contribution in [0.5, 0.6) is 17.2 Å². The van der Waals surface area contributed by atoms with Crippen LogP contribution in [0.15, 0.2) is 60.7 Å². The van der Waals surface area contributed by atoms with Crippen LogP contribution < -0.4 is 0 Å². The molecule has 0 bridgehead atoms. The van der Waals surface area contributed by atoms with Crippen molar-refractivity contribution < 1.29 is 15.3 Å². The van der Waals surface area contributed by atoms with Gasteiger partial charge < -0.3 is 15.3 Å². The highest BCUT2D eigenvalue weighted by Gasteiger charge is 2.15. The van der Waals surface area contributed by atoms with Crippen molar-refractivity contribution in [2.45, 2.75) is 13.3 Å². The SMILES string of the molecule is Cc1c(O)cc(-c2ccc(C3=CC=CCC=C3)cc2)c(O)c1O. The van der Waals surface area contributed by atoms with E-state index in [1.54, 1.807) is 6.92 Å². The molecular weight excluding hydrogens is 288 g/mol. The van der Waals surface area contributed by atoms with Crippen LogP contribution in [-0.4, -0.2) is 15.3 Å². The first-order valence-electron chi connectivity index (χ1n) is 7.46. The number of aromatic hydroxyl groups is 3. The van der Waals surface area contributed by atoms with E-state index >= 15 is 0 Å². The summed E-state index contributed by atoms with van der Waals surface area (Å²) in [7, 11) is 0. The van der Waals surface area contributed by atoms with Gasteiger partial charge in [0.2, 0.25) is 0 Å². The van der Waals surface area contributed by atoms with Gasteiger partial charge in [0.15, 0.2) is 11.5 Å². The van der Waals surface area contributed by atoms with Crippen LogP contribution >= 0.6 is 0 Å². The number of phenols is 3. The number of hydrogen-bond acceptors (Lipinski definition) is 3. The standard InChI is InChI=1S/C20H18O3/c1-13-18(21)12-17(20(23)19(13)22)16-10-8-15(9-11-16)14-6-4-2-3-5-7-14/h2,4-12,21-23H,3H2,1H3. The minimum atomic E-state index is -0.288. The maximum absolute atomic E-state index is 10.1. The monoisotopic (exact) mass is 306 g/mol. The molecule has 3 N–H and O–H groups in total. The molecule has 0 atom stereocenters. The second-order valence-electron chi connectivity index (χ2n) is 5.53. The number of phenolic OH excluding ortho intramolecular Hbond substituents is 3. The predicted octanol–water partition coefficient (Wildman–Crippen LogP) is 4.68. The molecule has 0 aromatic heterocycles. The van der Waals surface area contributed by atoms with Gasteiger partial charge >= 0.3 is 0 Å². The van der Waals surface area contributed by atoms with Crippen LogP contribution in [0, 0.1) is 6.92 Å². The van der Waals surface area contributed by atoms with E-state index in [0.29, 0.717) is 5.56 Å². The molecule has 0 unspecified atom stereocenters. The molecule has 3 heteroatoms. The Kier molecular flexibility index (Phi) is 3.94.